The van der Waals surface area contributed by atoms with Gasteiger partial charge in [0.2, 0.25) is 0 Å². The number of aryl methyl sites for hydroxylation is 2. The van der Waals surface area contributed by atoms with Crippen LogP contribution in [0.5, 0.6) is 0 Å². The predicted molar refractivity (Wildman–Crippen MR) is 75.1 cm³/mol. The lowest BCUT2D eigenvalue weighted by Gasteiger charge is -2.26. The van der Waals surface area contributed by atoms with Crippen LogP contribution in [0.3, 0.4) is 0 Å². The average Bonchev–Trinajstić information content (AvgIpc) is 2.76. The van der Waals surface area contributed by atoms with E-state index in [0.717, 1.165) is 13.1 Å². The summed E-state index contributed by atoms with van der Waals surface area (Å²) >= 11 is 5.69. The van der Waals surface area contributed by atoms with Gasteiger partial charge in [-0.25, -0.2) is 0 Å². The zero-order valence-electron chi connectivity index (χ0n) is 10.9. The fraction of sp³-hybridized carbons (Fsp3) is 0.600. The summed E-state index contributed by atoms with van der Waals surface area (Å²) in [5.74, 6) is 0.681. The largest absolute Gasteiger partial charge is 0.315 e. The molecule has 0 aliphatic heterocycles. The molecule has 2 rings (SSSR count). The highest BCUT2D eigenvalue weighted by Crippen LogP contribution is 2.29. The minimum atomic E-state index is 0.184. The number of halogens is 1. The number of alkyl halides is 1. The molecule has 94 valence electrons. The van der Waals surface area contributed by atoms with Crippen molar-refractivity contribution in [2.45, 2.75) is 38.5 Å². The average molecular weight is 252 g/mol. The van der Waals surface area contributed by atoms with Gasteiger partial charge in [0.1, 0.15) is 0 Å². The maximum absolute atomic E-state index is 5.69. The van der Waals surface area contributed by atoms with Crippen molar-refractivity contribution < 1.29 is 0 Å². The van der Waals surface area contributed by atoms with Gasteiger partial charge in [-0.3, -0.25) is 0 Å². The quantitative estimate of drug-likeness (QED) is 0.626. The number of hydrogen-bond donors (Lipinski definition) is 1. The molecule has 0 bridgehead atoms. The van der Waals surface area contributed by atoms with Crippen molar-refractivity contribution in [2.75, 3.05) is 19.0 Å². The van der Waals surface area contributed by atoms with Crippen LogP contribution in [0.15, 0.2) is 18.2 Å². The number of rotatable bonds is 5. The molecule has 1 N–H and O–H groups in total. The topological polar surface area (TPSA) is 12.0 Å². The molecule has 17 heavy (non-hydrogen) atoms. The summed E-state index contributed by atoms with van der Waals surface area (Å²) < 4.78 is 0. The fourth-order valence-electron chi connectivity index (χ4n) is 2.56. The molecule has 0 heterocycles. The van der Waals surface area contributed by atoms with Crippen LogP contribution in [0, 0.1) is 0 Å². The Bertz CT molecular complexity index is 385. The van der Waals surface area contributed by atoms with E-state index in [9.17, 15) is 0 Å². The molecule has 0 aromatic heterocycles. The van der Waals surface area contributed by atoms with E-state index >= 15 is 0 Å². The number of fused-ring (bicyclic) bond motifs is 1. The van der Waals surface area contributed by atoms with E-state index in [-0.39, 0.29) is 5.41 Å². The van der Waals surface area contributed by atoms with Gasteiger partial charge >= 0.3 is 0 Å². The molecule has 0 radical (unpaired) electrons. The van der Waals surface area contributed by atoms with E-state index in [4.69, 9.17) is 11.6 Å². The Morgan fingerprint density at radius 2 is 2.00 bits per heavy atom. The van der Waals surface area contributed by atoms with Crippen LogP contribution in [0.2, 0.25) is 0 Å². The SMILES string of the molecule is CC(C)(CNCCCl)c1ccc2c(c1)CCC2. The van der Waals surface area contributed by atoms with Gasteiger partial charge in [-0.2, -0.15) is 0 Å². The fourth-order valence-corrected chi connectivity index (χ4v) is 2.70. The van der Waals surface area contributed by atoms with Gasteiger partial charge in [-0.15, -0.1) is 11.6 Å². The van der Waals surface area contributed by atoms with Crippen molar-refractivity contribution in [3.8, 4) is 0 Å². The highest BCUT2D eigenvalue weighted by atomic mass is 35.5. The van der Waals surface area contributed by atoms with Gasteiger partial charge in [0.05, 0.1) is 0 Å². The summed E-state index contributed by atoms with van der Waals surface area (Å²) in [6.07, 6.45) is 3.85. The molecule has 0 saturated heterocycles. The molecule has 0 unspecified atom stereocenters. The Morgan fingerprint density at radius 1 is 1.24 bits per heavy atom. The van der Waals surface area contributed by atoms with Gasteiger partial charge in [-0.05, 0) is 36.0 Å². The van der Waals surface area contributed by atoms with E-state index in [1.165, 1.54) is 24.8 Å². The van der Waals surface area contributed by atoms with Crippen molar-refractivity contribution in [1.82, 2.24) is 5.32 Å². The number of nitrogens with one attached hydrogen (secondary N) is 1. The first-order valence-electron chi connectivity index (χ1n) is 6.52. The Hall–Kier alpha value is -0.530. The van der Waals surface area contributed by atoms with Gasteiger partial charge in [0.15, 0.2) is 0 Å². The standard InChI is InChI=1S/C15H22ClN/c1-15(2,11-17-9-8-16)14-7-6-12-4-3-5-13(12)10-14/h6-7,10,17H,3-5,8-9,11H2,1-2H3. The summed E-state index contributed by atoms with van der Waals surface area (Å²) in [5.41, 5.74) is 4.75. The Kier molecular flexibility index (Phi) is 4.11. The van der Waals surface area contributed by atoms with Crippen molar-refractivity contribution >= 4 is 11.6 Å². The van der Waals surface area contributed by atoms with Gasteiger partial charge in [0.25, 0.3) is 0 Å². The minimum Gasteiger partial charge on any atom is -0.315 e. The first-order valence-corrected chi connectivity index (χ1v) is 7.06. The van der Waals surface area contributed by atoms with E-state index < -0.39 is 0 Å². The van der Waals surface area contributed by atoms with Crippen LogP contribution in [0.25, 0.3) is 0 Å². The Morgan fingerprint density at radius 3 is 2.76 bits per heavy atom. The van der Waals surface area contributed by atoms with Crippen molar-refractivity contribution in [3.63, 3.8) is 0 Å². The Balaban J connectivity index is 2.10. The molecule has 0 spiro atoms. The first-order chi connectivity index (χ1) is 8.13. The maximum Gasteiger partial charge on any atom is 0.0348 e. The van der Waals surface area contributed by atoms with Crippen molar-refractivity contribution in [1.29, 1.82) is 0 Å². The van der Waals surface area contributed by atoms with Gasteiger partial charge in [-0.1, -0.05) is 32.0 Å². The number of benzene rings is 1. The predicted octanol–water partition coefficient (Wildman–Crippen LogP) is 3.28. The second-order valence-electron chi connectivity index (χ2n) is 5.59. The third-order valence-electron chi connectivity index (χ3n) is 3.72. The molecular weight excluding hydrogens is 230 g/mol. The summed E-state index contributed by atoms with van der Waals surface area (Å²) in [5, 5.41) is 3.41. The molecule has 1 aromatic rings. The molecule has 1 nitrogen and oxygen atoms in total. The third-order valence-corrected chi connectivity index (χ3v) is 3.91. The molecule has 1 aliphatic rings. The zero-order chi connectivity index (χ0) is 12.3. The van der Waals surface area contributed by atoms with E-state index in [0.29, 0.717) is 5.88 Å². The van der Waals surface area contributed by atoms with Crippen molar-refractivity contribution in [2.24, 2.45) is 0 Å². The zero-order valence-corrected chi connectivity index (χ0v) is 11.6. The van der Waals surface area contributed by atoms with Gasteiger partial charge in [0, 0.05) is 24.4 Å². The number of hydrogen-bond acceptors (Lipinski definition) is 1. The smallest absolute Gasteiger partial charge is 0.0348 e. The van der Waals surface area contributed by atoms with Crippen LogP contribution in [-0.4, -0.2) is 19.0 Å². The van der Waals surface area contributed by atoms with Crippen molar-refractivity contribution in [3.05, 3.63) is 34.9 Å². The lowest BCUT2D eigenvalue weighted by atomic mass is 9.83. The highest BCUT2D eigenvalue weighted by Gasteiger charge is 2.22. The summed E-state index contributed by atoms with van der Waals surface area (Å²) in [4.78, 5) is 0. The molecule has 1 aliphatic carbocycles. The normalized spacial score (nSPS) is 15.0. The maximum atomic E-state index is 5.69. The van der Waals surface area contributed by atoms with Crippen LogP contribution in [0.4, 0.5) is 0 Å². The first kappa shape index (κ1) is 12.9. The second kappa shape index (κ2) is 5.41. The Labute approximate surface area is 110 Å². The third kappa shape index (κ3) is 3.02. The van der Waals surface area contributed by atoms with Crippen LogP contribution < -0.4 is 5.32 Å². The summed E-state index contributed by atoms with van der Waals surface area (Å²) in [6, 6.07) is 7.03. The molecule has 2 heteroatoms. The highest BCUT2D eigenvalue weighted by molar-refractivity contribution is 6.18. The van der Waals surface area contributed by atoms with E-state index in [1.54, 1.807) is 11.1 Å². The van der Waals surface area contributed by atoms with E-state index in [2.05, 4.69) is 37.4 Å². The monoisotopic (exact) mass is 251 g/mol. The minimum absolute atomic E-state index is 0.184. The summed E-state index contributed by atoms with van der Waals surface area (Å²) in [6.45, 7) is 6.46. The van der Waals surface area contributed by atoms with Crippen LogP contribution >= 0.6 is 11.6 Å². The molecule has 0 fully saturated rings. The lowest BCUT2D eigenvalue weighted by molar-refractivity contribution is 0.478. The molecule has 1 aromatic carbocycles. The molecule has 0 saturated carbocycles. The molecule has 0 atom stereocenters. The van der Waals surface area contributed by atoms with Crippen LogP contribution in [0.1, 0.15) is 37.0 Å². The lowest BCUT2D eigenvalue weighted by Crippen LogP contribution is -2.34. The molecule has 0 amide bonds. The molecular formula is C15H22ClN. The second-order valence-corrected chi connectivity index (χ2v) is 5.96. The van der Waals surface area contributed by atoms with Gasteiger partial charge < -0.3 is 5.32 Å². The van der Waals surface area contributed by atoms with Crippen LogP contribution in [-0.2, 0) is 18.3 Å². The summed E-state index contributed by atoms with van der Waals surface area (Å²) in [7, 11) is 0. The van der Waals surface area contributed by atoms with E-state index in [1.807, 2.05) is 0 Å².